The van der Waals surface area contributed by atoms with Gasteiger partial charge in [0, 0.05) is 30.2 Å². The van der Waals surface area contributed by atoms with Gasteiger partial charge in [-0.05, 0) is 67.1 Å². The molecule has 1 aliphatic carbocycles. The van der Waals surface area contributed by atoms with Gasteiger partial charge >= 0.3 is 0 Å². The summed E-state index contributed by atoms with van der Waals surface area (Å²) in [5.41, 5.74) is 4.57. The molecule has 2 aromatic carbocycles. The first-order chi connectivity index (χ1) is 19.2. The van der Waals surface area contributed by atoms with E-state index >= 15 is 0 Å². The molecule has 1 aliphatic rings. The van der Waals surface area contributed by atoms with E-state index in [1.807, 2.05) is 60.7 Å². The first kappa shape index (κ1) is 25.9. The number of amides is 2. The number of furan rings is 1. The second-order valence-electron chi connectivity index (χ2n) is 9.41. The molecule has 0 radical (unpaired) electrons. The summed E-state index contributed by atoms with van der Waals surface area (Å²) in [6.07, 6.45) is 15.2. The van der Waals surface area contributed by atoms with Gasteiger partial charge in [-0.15, -0.1) is 0 Å². The number of aromatic nitrogens is 1. The van der Waals surface area contributed by atoms with E-state index in [1.165, 1.54) is 16.7 Å². The van der Waals surface area contributed by atoms with Crippen LogP contribution in [0.5, 0.6) is 0 Å². The van der Waals surface area contributed by atoms with Crippen LogP contribution >= 0.6 is 0 Å². The summed E-state index contributed by atoms with van der Waals surface area (Å²) in [6.45, 7) is 0.497. The number of anilines is 1. The van der Waals surface area contributed by atoms with Gasteiger partial charge < -0.3 is 9.73 Å². The van der Waals surface area contributed by atoms with Crippen LogP contribution < -0.4 is 10.2 Å². The van der Waals surface area contributed by atoms with Crippen LogP contribution in [0.3, 0.4) is 0 Å². The molecule has 0 aliphatic heterocycles. The SMILES string of the molecule is O=C(NCCCC1=CCCC=C1)C(c1cccnc1)N(C(=O)c1ccco1)c1ccc(-c2ccccc2)cc1. The number of hydrogen-bond donors (Lipinski definition) is 1. The van der Waals surface area contributed by atoms with Crippen molar-refractivity contribution in [2.24, 2.45) is 0 Å². The van der Waals surface area contributed by atoms with Crippen LogP contribution in [-0.4, -0.2) is 23.3 Å². The van der Waals surface area contributed by atoms with Crippen LogP contribution in [0, 0.1) is 0 Å². The number of benzene rings is 2. The molecule has 0 saturated heterocycles. The number of hydrogen-bond acceptors (Lipinski definition) is 4. The third kappa shape index (κ3) is 6.41. The Balaban J connectivity index is 1.44. The number of nitrogens with one attached hydrogen (secondary N) is 1. The first-order valence-corrected chi connectivity index (χ1v) is 13.3. The van der Waals surface area contributed by atoms with Crippen LogP contribution in [0.25, 0.3) is 11.1 Å². The molecule has 0 saturated carbocycles. The minimum absolute atomic E-state index is 0.153. The van der Waals surface area contributed by atoms with E-state index in [4.69, 9.17) is 4.42 Å². The first-order valence-electron chi connectivity index (χ1n) is 13.3. The molecule has 39 heavy (non-hydrogen) atoms. The van der Waals surface area contributed by atoms with Crippen molar-refractivity contribution >= 4 is 17.5 Å². The summed E-state index contributed by atoms with van der Waals surface area (Å²) in [5.74, 6) is -0.531. The summed E-state index contributed by atoms with van der Waals surface area (Å²) in [4.78, 5) is 33.3. The maximum Gasteiger partial charge on any atom is 0.294 e. The summed E-state index contributed by atoms with van der Waals surface area (Å²) < 4.78 is 5.47. The quantitative estimate of drug-likeness (QED) is 0.232. The highest BCUT2D eigenvalue weighted by Gasteiger charge is 2.34. The van der Waals surface area contributed by atoms with Crippen molar-refractivity contribution in [3.05, 3.63) is 133 Å². The lowest BCUT2D eigenvalue weighted by molar-refractivity contribution is -0.122. The lowest BCUT2D eigenvalue weighted by atomic mass is 10.0. The number of allylic oxidation sites excluding steroid dienone is 4. The molecule has 4 aromatic rings. The van der Waals surface area contributed by atoms with Crippen molar-refractivity contribution < 1.29 is 14.0 Å². The molecule has 0 fully saturated rings. The molecule has 196 valence electrons. The highest BCUT2D eigenvalue weighted by Crippen LogP contribution is 2.31. The highest BCUT2D eigenvalue weighted by molar-refractivity contribution is 6.08. The van der Waals surface area contributed by atoms with E-state index in [1.54, 1.807) is 30.6 Å². The Labute approximate surface area is 228 Å². The average Bonchev–Trinajstić information content (AvgIpc) is 3.55. The monoisotopic (exact) mass is 517 g/mol. The molecule has 2 heterocycles. The van der Waals surface area contributed by atoms with E-state index in [0.29, 0.717) is 17.8 Å². The molecule has 5 rings (SSSR count). The number of nitrogens with zero attached hydrogens (tertiary/aromatic N) is 2. The van der Waals surface area contributed by atoms with Gasteiger partial charge in [0.15, 0.2) is 5.76 Å². The van der Waals surface area contributed by atoms with Gasteiger partial charge in [0.05, 0.1) is 6.26 Å². The molecule has 6 nitrogen and oxygen atoms in total. The maximum atomic E-state index is 13.8. The molecule has 1 N–H and O–H groups in total. The van der Waals surface area contributed by atoms with Crippen LogP contribution in [0.15, 0.2) is 126 Å². The van der Waals surface area contributed by atoms with Gasteiger partial charge in [-0.1, -0.05) is 72.3 Å². The van der Waals surface area contributed by atoms with E-state index in [-0.39, 0.29) is 11.7 Å². The summed E-state index contributed by atoms with van der Waals surface area (Å²) >= 11 is 0. The van der Waals surface area contributed by atoms with Crippen molar-refractivity contribution in [3.8, 4) is 11.1 Å². The fourth-order valence-corrected chi connectivity index (χ4v) is 4.76. The third-order valence-electron chi connectivity index (χ3n) is 6.72. The largest absolute Gasteiger partial charge is 0.459 e. The molecule has 2 aromatic heterocycles. The molecular weight excluding hydrogens is 486 g/mol. The second-order valence-corrected chi connectivity index (χ2v) is 9.41. The summed E-state index contributed by atoms with van der Waals surface area (Å²) in [7, 11) is 0. The van der Waals surface area contributed by atoms with Crippen molar-refractivity contribution in [2.75, 3.05) is 11.4 Å². The topological polar surface area (TPSA) is 75.4 Å². The predicted molar refractivity (Wildman–Crippen MR) is 153 cm³/mol. The van der Waals surface area contributed by atoms with Gasteiger partial charge in [-0.25, -0.2) is 0 Å². The van der Waals surface area contributed by atoms with E-state index in [9.17, 15) is 9.59 Å². The standard InChI is InChI=1S/C33H31N3O3/c37-32(35-22-7-12-25-10-3-1-4-11-25)31(28-15-8-21-34-24-28)36(33(38)30-16-9-23-39-30)29-19-17-27(18-20-29)26-13-5-2-6-14-26/h2-3,5-6,8-11,13-21,23-24,31H,1,4,7,12,22H2,(H,35,37). The van der Waals surface area contributed by atoms with Crippen molar-refractivity contribution in [2.45, 2.75) is 31.7 Å². The van der Waals surface area contributed by atoms with Crippen LogP contribution in [-0.2, 0) is 4.79 Å². The minimum Gasteiger partial charge on any atom is -0.459 e. The fourth-order valence-electron chi connectivity index (χ4n) is 4.76. The Kier molecular flexibility index (Phi) is 8.44. The normalized spacial score (nSPS) is 13.4. The molecule has 0 spiro atoms. The zero-order valence-corrected chi connectivity index (χ0v) is 21.7. The second kappa shape index (κ2) is 12.7. The molecule has 6 heteroatoms. The Morgan fingerprint density at radius 1 is 0.923 bits per heavy atom. The van der Waals surface area contributed by atoms with Gasteiger partial charge in [0.2, 0.25) is 5.91 Å². The Morgan fingerprint density at radius 2 is 1.74 bits per heavy atom. The zero-order valence-electron chi connectivity index (χ0n) is 21.7. The van der Waals surface area contributed by atoms with E-state index < -0.39 is 11.9 Å². The van der Waals surface area contributed by atoms with Gasteiger partial charge in [-0.3, -0.25) is 19.5 Å². The van der Waals surface area contributed by atoms with Gasteiger partial charge in [-0.2, -0.15) is 0 Å². The maximum absolute atomic E-state index is 13.8. The van der Waals surface area contributed by atoms with Gasteiger partial charge in [0.25, 0.3) is 5.91 Å². The molecule has 1 atom stereocenters. The van der Waals surface area contributed by atoms with Crippen molar-refractivity contribution in [3.63, 3.8) is 0 Å². The number of carbonyl (C=O) groups is 2. The predicted octanol–water partition coefficient (Wildman–Crippen LogP) is 6.90. The smallest absolute Gasteiger partial charge is 0.294 e. The van der Waals surface area contributed by atoms with Crippen molar-refractivity contribution in [1.29, 1.82) is 0 Å². The molecule has 2 amide bonds. The highest BCUT2D eigenvalue weighted by atomic mass is 16.3. The van der Waals surface area contributed by atoms with Crippen LogP contribution in [0.1, 0.15) is 47.8 Å². The van der Waals surface area contributed by atoms with Crippen LogP contribution in [0.2, 0.25) is 0 Å². The number of pyridine rings is 1. The minimum atomic E-state index is -0.937. The fraction of sp³-hybridized carbons (Fsp3) is 0.182. The van der Waals surface area contributed by atoms with Gasteiger partial charge in [0.1, 0.15) is 6.04 Å². The molecule has 1 unspecified atom stereocenters. The average molecular weight is 518 g/mol. The summed E-state index contributed by atoms with van der Waals surface area (Å²) in [6, 6.07) is 23.6. The Bertz CT molecular complexity index is 1430. The third-order valence-corrected chi connectivity index (χ3v) is 6.72. The number of rotatable bonds is 10. The lowest BCUT2D eigenvalue weighted by Crippen LogP contribution is -2.44. The van der Waals surface area contributed by atoms with Crippen LogP contribution in [0.4, 0.5) is 5.69 Å². The van der Waals surface area contributed by atoms with E-state index in [0.717, 1.165) is 36.8 Å². The summed E-state index contributed by atoms with van der Waals surface area (Å²) in [5, 5.41) is 3.07. The zero-order chi connectivity index (χ0) is 26.9. The number of carbonyl (C=O) groups excluding carboxylic acids is 2. The van der Waals surface area contributed by atoms with E-state index in [2.05, 4.69) is 28.5 Å². The Hall–Kier alpha value is -4.71. The lowest BCUT2D eigenvalue weighted by Gasteiger charge is -2.31. The molecular formula is C33H31N3O3. The Morgan fingerprint density at radius 3 is 2.44 bits per heavy atom. The van der Waals surface area contributed by atoms with Crippen molar-refractivity contribution in [1.82, 2.24) is 10.3 Å². The molecule has 0 bridgehead atoms.